The summed E-state index contributed by atoms with van der Waals surface area (Å²) in [5.41, 5.74) is 2.38. The molecule has 51 heavy (non-hydrogen) atoms. The lowest BCUT2D eigenvalue weighted by atomic mass is 10.2. The largest absolute Gasteiger partial charge is 0.497 e. The van der Waals surface area contributed by atoms with Crippen molar-refractivity contribution in [2.24, 2.45) is 7.05 Å². The van der Waals surface area contributed by atoms with Gasteiger partial charge in [0.25, 0.3) is 0 Å². The van der Waals surface area contributed by atoms with Crippen LogP contribution < -0.4 is 29.2 Å². The van der Waals surface area contributed by atoms with Crippen molar-refractivity contribution in [2.45, 2.75) is 6.54 Å². The lowest BCUT2D eigenvalue weighted by molar-refractivity contribution is 0.189. The number of piperazine rings is 1. The van der Waals surface area contributed by atoms with Gasteiger partial charge in [0.2, 0.25) is 17.8 Å². The molecule has 4 aromatic rings. The molecule has 17 nitrogen and oxygen atoms in total. The van der Waals surface area contributed by atoms with Crippen molar-refractivity contribution in [1.29, 1.82) is 0 Å². The Bertz CT molecular complexity index is 1650. The smallest absolute Gasteiger partial charge is 0.244 e. The van der Waals surface area contributed by atoms with E-state index < -0.39 is 0 Å². The summed E-state index contributed by atoms with van der Waals surface area (Å²) in [6.07, 6.45) is 1.72. The second kappa shape index (κ2) is 18.6. The van der Waals surface area contributed by atoms with Gasteiger partial charge >= 0.3 is 0 Å². The van der Waals surface area contributed by atoms with Gasteiger partial charge < -0.3 is 48.2 Å². The quantitative estimate of drug-likeness (QED) is 0.131. The lowest BCUT2D eigenvalue weighted by Gasteiger charge is -2.36. The summed E-state index contributed by atoms with van der Waals surface area (Å²) in [6, 6.07) is 8.04. The third-order valence-corrected chi connectivity index (χ3v) is 8.68. The number of rotatable bonds is 20. The molecule has 0 bridgehead atoms. The molecule has 0 atom stereocenters. The molecular weight excluding hydrogens is 656 g/mol. The van der Waals surface area contributed by atoms with Gasteiger partial charge in [0.15, 0.2) is 11.6 Å². The van der Waals surface area contributed by atoms with Gasteiger partial charge in [-0.15, -0.1) is 5.10 Å². The van der Waals surface area contributed by atoms with Crippen molar-refractivity contribution in [3.8, 4) is 5.75 Å². The minimum atomic E-state index is 0.500. The maximum absolute atomic E-state index is 5.53. The fourth-order valence-electron chi connectivity index (χ4n) is 5.87. The summed E-state index contributed by atoms with van der Waals surface area (Å²) in [5.74, 6) is 4.03. The number of fused-ring (bicyclic) bond motifs is 1. The standard InChI is InChI=1S/C34H52N12O5/c1-41(24-26-9-8-10-27(23-26)51-7)30-28-29(37-33(38-30)45(15-19-47-3)16-20-48-4)31(39-34(36-28)46(17-21-49-5)18-22-50-6)43-11-13-44(14-12-43)32-35-25-42(2)40-32/h8-10,23,25H,11-22,24H2,1-7H3. The number of benzene rings is 1. The molecule has 0 amide bonds. The summed E-state index contributed by atoms with van der Waals surface area (Å²) >= 11 is 0. The average Bonchev–Trinajstić information content (AvgIpc) is 3.60. The topological polar surface area (TPSA) is 145 Å². The van der Waals surface area contributed by atoms with Gasteiger partial charge in [0, 0.05) is 101 Å². The number of anilines is 5. The minimum absolute atomic E-state index is 0.500. The Balaban J connectivity index is 1.66. The third-order valence-electron chi connectivity index (χ3n) is 8.68. The molecule has 1 aromatic carbocycles. The van der Waals surface area contributed by atoms with Crippen LogP contribution in [-0.2, 0) is 32.5 Å². The van der Waals surface area contributed by atoms with Gasteiger partial charge in [0.1, 0.15) is 23.1 Å². The number of nitrogens with zero attached hydrogens (tertiary/aromatic N) is 12. The van der Waals surface area contributed by atoms with Crippen LogP contribution in [-0.4, -0.2) is 156 Å². The molecule has 0 N–H and O–H groups in total. The van der Waals surface area contributed by atoms with Crippen LogP contribution in [0.5, 0.6) is 5.75 Å². The Hall–Kier alpha value is -4.58. The Labute approximate surface area is 300 Å². The van der Waals surface area contributed by atoms with Crippen molar-refractivity contribution < 1.29 is 23.7 Å². The van der Waals surface area contributed by atoms with Gasteiger partial charge in [-0.1, -0.05) is 12.1 Å². The number of aryl methyl sites for hydroxylation is 1. The summed E-state index contributed by atoms with van der Waals surface area (Å²) in [6.45, 7) is 7.69. The summed E-state index contributed by atoms with van der Waals surface area (Å²) in [5, 5.41) is 4.53. The highest BCUT2D eigenvalue weighted by atomic mass is 16.5. The molecular formula is C34H52N12O5. The molecule has 17 heteroatoms. The van der Waals surface area contributed by atoms with E-state index in [-0.39, 0.29) is 0 Å². The molecule has 5 rings (SSSR count). The Morgan fingerprint density at radius 2 is 1.27 bits per heavy atom. The van der Waals surface area contributed by atoms with Crippen LogP contribution in [0.2, 0.25) is 0 Å². The SMILES string of the molecule is COCCN(CCOC)c1nc(N2CCN(c3ncn(C)n3)CC2)c2nc(N(CCOC)CCOC)nc(N(C)Cc3cccc(OC)c3)c2n1. The molecule has 278 valence electrons. The number of aromatic nitrogens is 7. The Morgan fingerprint density at radius 3 is 1.82 bits per heavy atom. The van der Waals surface area contributed by atoms with Gasteiger partial charge in [-0.2, -0.15) is 9.97 Å². The first-order valence-electron chi connectivity index (χ1n) is 17.1. The monoisotopic (exact) mass is 708 g/mol. The van der Waals surface area contributed by atoms with E-state index in [1.165, 1.54) is 0 Å². The maximum Gasteiger partial charge on any atom is 0.244 e. The summed E-state index contributed by atoms with van der Waals surface area (Å²) in [7, 11) is 12.3. The van der Waals surface area contributed by atoms with Crippen LogP contribution in [0, 0.1) is 0 Å². The Kier molecular flexibility index (Phi) is 13.7. The second-order valence-corrected chi connectivity index (χ2v) is 12.2. The van der Waals surface area contributed by atoms with Crippen molar-refractivity contribution in [2.75, 3.05) is 146 Å². The van der Waals surface area contributed by atoms with E-state index in [0.717, 1.165) is 30.2 Å². The van der Waals surface area contributed by atoms with Gasteiger partial charge in [0.05, 0.1) is 33.5 Å². The molecule has 0 spiro atoms. The highest BCUT2D eigenvalue weighted by molar-refractivity contribution is 5.95. The van der Waals surface area contributed by atoms with E-state index in [2.05, 4.69) is 40.6 Å². The van der Waals surface area contributed by atoms with Crippen LogP contribution in [0.1, 0.15) is 5.56 Å². The van der Waals surface area contributed by atoms with E-state index in [1.807, 2.05) is 32.3 Å². The van der Waals surface area contributed by atoms with Crippen LogP contribution in [0.15, 0.2) is 30.6 Å². The lowest BCUT2D eigenvalue weighted by Crippen LogP contribution is -2.47. The number of hydrogen-bond donors (Lipinski definition) is 0. The van der Waals surface area contributed by atoms with Crippen molar-refractivity contribution >= 4 is 40.5 Å². The van der Waals surface area contributed by atoms with E-state index in [0.29, 0.717) is 107 Å². The first-order chi connectivity index (χ1) is 24.9. The predicted molar refractivity (Wildman–Crippen MR) is 198 cm³/mol. The first kappa shape index (κ1) is 37.7. The zero-order valence-corrected chi connectivity index (χ0v) is 31.0. The van der Waals surface area contributed by atoms with Crippen LogP contribution in [0.4, 0.5) is 29.5 Å². The third kappa shape index (κ3) is 9.61. The normalized spacial score (nSPS) is 13.2. The molecule has 1 fully saturated rings. The molecule has 0 radical (unpaired) electrons. The van der Waals surface area contributed by atoms with Gasteiger partial charge in [-0.3, -0.25) is 4.68 Å². The molecule has 0 saturated carbocycles. The average molecular weight is 709 g/mol. The fraction of sp³-hybridized carbons (Fsp3) is 0.588. The molecule has 1 aliphatic rings. The highest BCUT2D eigenvalue weighted by Crippen LogP contribution is 2.34. The maximum atomic E-state index is 5.53. The van der Waals surface area contributed by atoms with E-state index in [1.54, 1.807) is 46.6 Å². The number of methoxy groups -OCH3 is 5. The van der Waals surface area contributed by atoms with Crippen LogP contribution in [0.25, 0.3) is 11.0 Å². The van der Waals surface area contributed by atoms with E-state index in [9.17, 15) is 0 Å². The molecule has 1 aliphatic heterocycles. The van der Waals surface area contributed by atoms with Crippen molar-refractivity contribution in [3.05, 3.63) is 36.2 Å². The molecule has 4 heterocycles. The van der Waals surface area contributed by atoms with Crippen LogP contribution >= 0.6 is 0 Å². The molecule has 3 aromatic heterocycles. The molecule has 1 saturated heterocycles. The summed E-state index contributed by atoms with van der Waals surface area (Å²) in [4.78, 5) is 36.1. The zero-order valence-electron chi connectivity index (χ0n) is 31.0. The molecule has 0 aliphatic carbocycles. The van der Waals surface area contributed by atoms with Crippen molar-refractivity contribution in [3.63, 3.8) is 0 Å². The minimum Gasteiger partial charge on any atom is -0.497 e. The highest BCUT2D eigenvalue weighted by Gasteiger charge is 2.28. The number of ether oxygens (including phenoxy) is 5. The van der Waals surface area contributed by atoms with Crippen LogP contribution in [0.3, 0.4) is 0 Å². The second-order valence-electron chi connectivity index (χ2n) is 12.2. The zero-order chi connectivity index (χ0) is 36.2. The number of hydrogen-bond acceptors (Lipinski definition) is 16. The van der Waals surface area contributed by atoms with Gasteiger partial charge in [-0.25, -0.2) is 15.0 Å². The van der Waals surface area contributed by atoms with Crippen molar-refractivity contribution in [1.82, 2.24) is 34.7 Å². The van der Waals surface area contributed by atoms with Gasteiger partial charge in [-0.05, 0) is 17.7 Å². The van der Waals surface area contributed by atoms with E-state index in [4.69, 9.17) is 43.6 Å². The molecule has 0 unspecified atom stereocenters. The van der Waals surface area contributed by atoms with E-state index >= 15 is 0 Å². The summed E-state index contributed by atoms with van der Waals surface area (Å²) < 4.78 is 29.2. The first-order valence-corrected chi connectivity index (χ1v) is 17.1. The fourth-order valence-corrected chi connectivity index (χ4v) is 5.87. The Morgan fingerprint density at radius 1 is 0.706 bits per heavy atom. The predicted octanol–water partition coefficient (Wildman–Crippen LogP) is 1.72.